The van der Waals surface area contributed by atoms with Gasteiger partial charge in [-0.1, -0.05) is 0 Å². The molecule has 0 amide bonds. The SMILES string of the molecule is O=C(O)C(F)(F)F.[CH2][CH][CH2].[Ni]. The summed E-state index contributed by atoms with van der Waals surface area (Å²) in [5.41, 5.74) is 0. The molecule has 69 valence electrons. The van der Waals surface area contributed by atoms with Crippen LogP contribution in [0.4, 0.5) is 13.2 Å². The number of hydrogen-bond donors (Lipinski definition) is 1. The second-order valence-corrected chi connectivity index (χ2v) is 1.09. The second kappa shape index (κ2) is 7.86. The van der Waals surface area contributed by atoms with Crippen LogP contribution in [0.15, 0.2) is 0 Å². The molecule has 0 aliphatic heterocycles. The van der Waals surface area contributed by atoms with Crippen LogP contribution in [0.1, 0.15) is 0 Å². The quantitative estimate of drug-likeness (QED) is 0.620. The maximum absolute atomic E-state index is 10.6. The van der Waals surface area contributed by atoms with E-state index in [1.165, 1.54) is 6.42 Å². The van der Waals surface area contributed by atoms with Crippen molar-refractivity contribution in [3.8, 4) is 0 Å². The van der Waals surface area contributed by atoms with E-state index < -0.39 is 12.1 Å². The molecule has 0 aliphatic carbocycles. The monoisotopic (exact) mass is 213 g/mol. The first-order valence-electron chi connectivity index (χ1n) is 2.06. The summed E-state index contributed by atoms with van der Waals surface area (Å²) in [5.74, 6) is -2.76. The van der Waals surface area contributed by atoms with Gasteiger partial charge in [0.15, 0.2) is 0 Å². The summed E-state index contributed by atoms with van der Waals surface area (Å²) in [7, 11) is 0. The predicted molar refractivity (Wildman–Crippen MR) is 28.7 cm³/mol. The van der Waals surface area contributed by atoms with Crippen molar-refractivity contribution < 1.29 is 39.6 Å². The summed E-state index contributed by atoms with van der Waals surface area (Å²) in [5, 5.41) is 7.12. The molecule has 1 N–H and O–H groups in total. The van der Waals surface area contributed by atoms with Gasteiger partial charge in [0.05, 0.1) is 0 Å². The van der Waals surface area contributed by atoms with Crippen molar-refractivity contribution in [3.05, 3.63) is 20.3 Å². The summed E-state index contributed by atoms with van der Waals surface area (Å²) in [6.07, 6.45) is -3.58. The summed E-state index contributed by atoms with van der Waals surface area (Å²) in [4.78, 5) is 8.90. The third kappa shape index (κ3) is 17.7. The molecular weight excluding hydrogens is 208 g/mol. The largest absolute Gasteiger partial charge is 0.490 e. The number of hydrogen-bond acceptors (Lipinski definition) is 1. The Morgan fingerprint density at radius 2 is 1.45 bits per heavy atom. The third-order valence-electron chi connectivity index (χ3n) is 0.243. The van der Waals surface area contributed by atoms with E-state index in [0.717, 1.165) is 0 Å². The maximum atomic E-state index is 10.6. The minimum Gasteiger partial charge on any atom is -0.475 e. The Hall–Kier alpha value is -0.246. The van der Waals surface area contributed by atoms with Crippen molar-refractivity contribution >= 4 is 5.97 Å². The van der Waals surface area contributed by atoms with Crippen LogP contribution < -0.4 is 0 Å². The molecular formula is C5H6F3NiO2. The van der Waals surface area contributed by atoms with Crippen molar-refractivity contribution in [2.24, 2.45) is 0 Å². The first-order valence-corrected chi connectivity index (χ1v) is 2.06. The smallest absolute Gasteiger partial charge is 0.475 e. The van der Waals surface area contributed by atoms with Gasteiger partial charge in [-0.25, -0.2) is 4.79 Å². The Balaban J connectivity index is -0.000000140. The number of alkyl halides is 3. The van der Waals surface area contributed by atoms with E-state index in [0.29, 0.717) is 0 Å². The van der Waals surface area contributed by atoms with Gasteiger partial charge in [0.1, 0.15) is 0 Å². The summed E-state index contributed by atoms with van der Waals surface area (Å²) in [6, 6.07) is 0. The molecule has 0 atom stereocenters. The van der Waals surface area contributed by atoms with E-state index in [4.69, 9.17) is 9.90 Å². The van der Waals surface area contributed by atoms with Gasteiger partial charge in [-0.3, -0.25) is 0 Å². The molecule has 0 aromatic carbocycles. The summed E-state index contributed by atoms with van der Waals surface area (Å²) >= 11 is 0. The van der Waals surface area contributed by atoms with Crippen LogP contribution >= 0.6 is 0 Å². The minimum absolute atomic E-state index is 0. The Bertz CT molecular complexity index is 102. The Morgan fingerprint density at radius 1 is 1.36 bits per heavy atom. The van der Waals surface area contributed by atoms with Crippen molar-refractivity contribution in [2.45, 2.75) is 6.18 Å². The molecule has 2 nitrogen and oxygen atoms in total. The Morgan fingerprint density at radius 3 is 1.45 bits per heavy atom. The first-order chi connectivity index (χ1) is 4.36. The molecule has 0 fully saturated rings. The zero-order valence-corrected chi connectivity index (χ0v) is 6.28. The van der Waals surface area contributed by atoms with Gasteiger partial charge in [0, 0.05) is 16.5 Å². The van der Waals surface area contributed by atoms with Crippen LogP contribution in [0.2, 0.25) is 0 Å². The van der Waals surface area contributed by atoms with E-state index >= 15 is 0 Å². The molecule has 11 heavy (non-hydrogen) atoms. The van der Waals surface area contributed by atoms with Gasteiger partial charge >= 0.3 is 12.1 Å². The van der Waals surface area contributed by atoms with E-state index in [1.54, 1.807) is 0 Å². The Labute approximate surface area is 72.7 Å². The van der Waals surface area contributed by atoms with E-state index in [2.05, 4.69) is 13.8 Å². The van der Waals surface area contributed by atoms with Gasteiger partial charge in [-0.15, -0.1) is 0 Å². The minimum atomic E-state index is -5.08. The topological polar surface area (TPSA) is 37.3 Å². The van der Waals surface area contributed by atoms with Gasteiger partial charge < -0.3 is 5.11 Å². The van der Waals surface area contributed by atoms with E-state index in [-0.39, 0.29) is 16.5 Å². The molecule has 3 radical (unpaired) electrons. The number of halogens is 3. The number of carboxylic acid groups (broad SMARTS) is 1. The van der Waals surface area contributed by atoms with Crippen LogP contribution in [0.5, 0.6) is 0 Å². The molecule has 0 unspecified atom stereocenters. The molecule has 0 aliphatic rings. The average Bonchev–Trinajstić information content (AvgIpc) is 1.64. The molecule has 0 aromatic rings. The fourth-order valence-electron chi connectivity index (χ4n) is 0. The Kier molecular flexibility index (Phi) is 12.2. The normalized spacial score (nSPS) is 8.82. The summed E-state index contributed by atoms with van der Waals surface area (Å²) < 4.78 is 31.7. The van der Waals surface area contributed by atoms with E-state index in [9.17, 15) is 13.2 Å². The molecule has 6 heteroatoms. The zero-order valence-electron chi connectivity index (χ0n) is 5.30. The van der Waals surface area contributed by atoms with Crippen LogP contribution in [-0.4, -0.2) is 17.3 Å². The molecule has 0 bridgehead atoms. The number of carboxylic acids is 1. The molecule has 0 aromatic heterocycles. The van der Waals surface area contributed by atoms with Gasteiger partial charge in [-0.05, 0) is 20.3 Å². The molecule has 0 heterocycles. The predicted octanol–water partition coefficient (Wildman–Crippen LogP) is 1.49. The molecule has 0 saturated carbocycles. The number of carbonyl (C=O) groups is 1. The zero-order chi connectivity index (χ0) is 8.78. The van der Waals surface area contributed by atoms with E-state index in [1.807, 2.05) is 0 Å². The standard InChI is InChI=1S/C3H5.C2HF3O2.Ni/c1-3-2;3-2(4,5)1(6)7;/h3H,1-2H2;(H,6,7);. The second-order valence-electron chi connectivity index (χ2n) is 1.09. The average molecular weight is 214 g/mol. The van der Waals surface area contributed by atoms with Gasteiger partial charge in [0.25, 0.3) is 0 Å². The number of aliphatic carboxylic acids is 1. The van der Waals surface area contributed by atoms with Gasteiger partial charge in [0.2, 0.25) is 0 Å². The number of rotatable bonds is 0. The van der Waals surface area contributed by atoms with Crippen molar-refractivity contribution in [2.75, 3.05) is 0 Å². The maximum Gasteiger partial charge on any atom is 0.490 e. The summed E-state index contributed by atoms with van der Waals surface area (Å²) in [6.45, 7) is 6.50. The first kappa shape index (κ1) is 17.0. The van der Waals surface area contributed by atoms with Crippen molar-refractivity contribution in [1.82, 2.24) is 0 Å². The molecule has 0 rings (SSSR count). The van der Waals surface area contributed by atoms with Crippen molar-refractivity contribution in [3.63, 3.8) is 0 Å². The van der Waals surface area contributed by atoms with Crippen molar-refractivity contribution in [1.29, 1.82) is 0 Å². The van der Waals surface area contributed by atoms with Gasteiger partial charge in [-0.2, -0.15) is 13.2 Å². The van der Waals surface area contributed by atoms with Crippen LogP contribution in [-0.2, 0) is 21.3 Å². The van der Waals surface area contributed by atoms with Crippen LogP contribution in [0, 0.1) is 20.3 Å². The third-order valence-corrected chi connectivity index (χ3v) is 0.243. The molecule has 0 saturated heterocycles. The molecule has 0 spiro atoms. The van der Waals surface area contributed by atoms with Crippen LogP contribution in [0.25, 0.3) is 0 Å². The fraction of sp³-hybridized carbons (Fsp3) is 0.200. The fourth-order valence-corrected chi connectivity index (χ4v) is 0. The van der Waals surface area contributed by atoms with Crippen LogP contribution in [0.3, 0.4) is 0 Å².